The second-order valence-electron chi connectivity index (χ2n) is 7.15. The van der Waals surface area contributed by atoms with Crippen molar-refractivity contribution in [1.29, 1.82) is 0 Å². The lowest BCUT2D eigenvalue weighted by atomic mass is 10.2. The number of amides is 1. The van der Waals surface area contributed by atoms with E-state index in [0.29, 0.717) is 12.8 Å². The molecule has 0 aliphatic heterocycles. The van der Waals surface area contributed by atoms with E-state index < -0.39 is 0 Å². The lowest BCUT2D eigenvalue weighted by molar-refractivity contribution is -0.116. The number of fused-ring (bicyclic) bond motifs is 1. The van der Waals surface area contributed by atoms with E-state index in [1.807, 2.05) is 47.1 Å². The van der Waals surface area contributed by atoms with Gasteiger partial charge in [-0.15, -0.1) is 0 Å². The van der Waals surface area contributed by atoms with Crippen molar-refractivity contribution in [3.8, 4) is 5.69 Å². The van der Waals surface area contributed by atoms with Crippen LogP contribution in [0.4, 0.5) is 5.82 Å². The minimum absolute atomic E-state index is 0.0401. The summed E-state index contributed by atoms with van der Waals surface area (Å²) in [6, 6.07) is 20.3. The van der Waals surface area contributed by atoms with Crippen LogP contribution in [0.5, 0.6) is 0 Å². The Balaban J connectivity index is 1.55. The number of carbonyl (C=O) groups is 1. The molecule has 0 aliphatic carbocycles. The fourth-order valence-corrected chi connectivity index (χ4v) is 3.48. The summed E-state index contributed by atoms with van der Waals surface area (Å²) in [6.07, 6.45) is 3.57. The number of para-hydroxylation sites is 3. The number of imidazole rings is 1. The monoisotopic (exact) mass is 387 g/mol. The van der Waals surface area contributed by atoms with Crippen molar-refractivity contribution >= 4 is 22.8 Å². The van der Waals surface area contributed by atoms with Gasteiger partial charge in [0.2, 0.25) is 5.91 Å². The van der Waals surface area contributed by atoms with Crippen LogP contribution in [0.25, 0.3) is 16.7 Å². The Kier molecular flexibility index (Phi) is 5.42. The molecule has 6 nitrogen and oxygen atoms in total. The number of rotatable bonds is 7. The highest BCUT2D eigenvalue weighted by Crippen LogP contribution is 2.22. The van der Waals surface area contributed by atoms with Crippen molar-refractivity contribution in [1.82, 2.24) is 19.3 Å². The third-order valence-electron chi connectivity index (χ3n) is 5.17. The predicted molar refractivity (Wildman–Crippen MR) is 115 cm³/mol. The lowest BCUT2D eigenvalue weighted by Crippen LogP contribution is -2.18. The maximum atomic E-state index is 12.6. The van der Waals surface area contributed by atoms with Crippen molar-refractivity contribution in [3.63, 3.8) is 0 Å². The highest BCUT2D eigenvalue weighted by Gasteiger charge is 2.15. The Labute approximate surface area is 170 Å². The molecular formula is C23H25N5O. The van der Waals surface area contributed by atoms with E-state index in [0.717, 1.165) is 34.8 Å². The van der Waals surface area contributed by atoms with Crippen LogP contribution in [-0.4, -0.2) is 25.2 Å². The Morgan fingerprint density at radius 3 is 2.62 bits per heavy atom. The maximum Gasteiger partial charge on any atom is 0.225 e. The Morgan fingerprint density at radius 1 is 1.07 bits per heavy atom. The molecule has 2 aromatic carbocycles. The SMILES string of the molecule is CCC(C)n1nccc1NC(=O)CCc1nc2ccccc2n1-c1ccccc1. The van der Waals surface area contributed by atoms with Gasteiger partial charge in [0.25, 0.3) is 0 Å². The molecule has 6 heteroatoms. The summed E-state index contributed by atoms with van der Waals surface area (Å²) in [5.41, 5.74) is 3.03. The number of hydrogen-bond donors (Lipinski definition) is 1. The quantitative estimate of drug-likeness (QED) is 0.497. The number of aromatic nitrogens is 4. The molecule has 148 valence electrons. The first-order valence-corrected chi connectivity index (χ1v) is 10.0. The molecule has 29 heavy (non-hydrogen) atoms. The Bertz CT molecular complexity index is 1110. The van der Waals surface area contributed by atoms with E-state index in [4.69, 9.17) is 4.98 Å². The Hall–Kier alpha value is -3.41. The van der Waals surface area contributed by atoms with E-state index in [-0.39, 0.29) is 11.9 Å². The third kappa shape index (κ3) is 3.92. The lowest BCUT2D eigenvalue weighted by Gasteiger charge is -2.14. The van der Waals surface area contributed by atoms with E-state index >= 15 is 0 Å². The molecule has 1 unspecified atom stereocenters. The first-order chi connectivity index (χ1) is 14.2. The third-order valence-corrected chi connectivity index (χ3v) is 5.17. The second-order valence-corrected chi connectivity index (χ2v) is 7.15. The minimum Gasteiger partial charge on any atom is -0.311 e. The van der Waals surface area contributed by atoms with Gasteiger partial charge in [0.05, 0.1) is 23.3 Å². The number of benzene rings is 2. The molecule has 1 atom stereocenters. The summed E-state index contributed by atoms with van der Waals surface area (Å²) >= 11 is 0. The first-order valence-electron chi connectivity index (χ1n) is 10.0. The van der Waals surface area contributed by atoms with E-state index in [2.05, 4.69) is 47.0 Å². The number of nitrogens with zero attached hydrogens (tertiary/aromatic N) is 4. The smallest absolute Gasteiger partial charge is 0.225 e. The zero-order valence-corrected chi connectivity index (χ0v) is 16.7. The number of nitrogens with one attached hydrogen (secondary N) is 1. The van der Waals surface area contributed by atoms with Gasteiger partial charge in [0, 0.05) is 24.6 Å². The zero-order chi connectivity index (χ0) is 20.2. The molecule has 1 amide bonds. The Morgan fingerprint density at radius 2 is 1.83 bits per heavy atom. The zero-order valence-electron chi connectivity index (χ0n) is 16.7. The molecule has 4 rings (SSSR count). The molecular weight excluding hydrogens is 362 g/mol. The fraction of sp³-hybridized carbons (Fsp3) is 0.261. The molecule has 0 spiro atoms. The van der Waals surface area contributed by atoms with Gasteiger partial charge >= 0.3 is 0 Å². The van der Waals surface area contributed by atoms with Crippen molar-refractivity contribution in [2.24, 2.45) is 0 Å². The molecule has 0 fully saturated rings. The van der Waals surface area contributed by atoms with Crippen molar-refractivity contribution in [2.75, 3.05) is 5.32 Å². The molecule has 0 bridgehead atoms. The van der Waals surface area contributed by atoms with E-state index in [1.165, 1.54) is 0 Å². The average Bonchev–Trinajstić information content (AvgIpc) is 3.36. The fourth-order valence-electron chi connectivity index (χ4n) is 3.48. The summed E-state index contributed by atoms with van der Waals surface area (Å²) in [5, 5.41) is 7.32. The summed E-state index contributed by atoms with van der Waals surface area (Å²) in [7, 11) is 0. The molecule has 2 aromatic heterocycles. The second kappa shape index (κ2) is 8.31. The number of carbonyl (C=O) groups excluding carboxylic acids is 1. The van der Waals surface area contributed by atoms with Crippen LogP contribution in [0.3, 0.4) is 0 Å². The van der Waals surface area contributed by atoms with Crippen molar-refractivity contribution in [3.05, 3.63) is 72.7 Å². The summed E-state index contributed by atoms with van der Waals surface area (Å²) in [5.74, 6) is 1.57. The van der Waals surface area contributed by atoms with Gasteiger partial charge in [-0.1, -0.05) is 37.3 Å². The molecule has 2 heterocycles. The van der Waals surface area contributed by atoms with Gasteiger partial charge < -0.3 is 5.32 Å². The first kappa shape index (κ1) is 18.9. The molecule has 0 aliphatic rings. The van der Waals surface area contributed by atoms with Crippen LogP contribution >= 0.6 is 0 Å². The van der Waals surface area contributed by atoms with Gasteiger partial charge in [-0.05, 0) is 37.6 Å². The average molecular weight is 387 g/mol. The number of anilines is 1. The van der Waals surface area contributed by atoms with Crippen LogP contribution in [-0.2, 0) is 11.2 Å². The summed E-state index contributed by atoms with van der Waals surface area (Å²) in [6.45, 7) is 4.19. The number of aryl methyl sites for hydroxylation is 1. The maximum absolute atomic E-state index is 12.6. The standard InChI is InChI=1S/C23H25N5O/c1-3-17(2)28-22(15-16-24-28)26-23(29)14-13-21-25-19-11-7-8-12-20(19)27(21)18-9-5-4-6-10-18/h4-12,15-17H,3,13-14H2,1-2H3,(H,26,29). The molecule has 0 saturated carbocycles. The van der Waals surface area contributed by atoms with Crippen LogP contribution in [0.1, 0.15) is 38.6 Å². The topological polar surface area (TPSA) is 64.7 Å². The molecule has 0 radical (unpaired) electrons. The number of hydrogen-bond acceptors (Lipinski definition) is 3. The van der Waals surface area contributed by atoms with E-state index in [1.54, 1.807) is 6.20 Å². The van der Waals surface area contributed by atoms with Gasteiger partial charge in [0.1, 0.15) is 11.6 Å². The van der Waals surface area contributed by atoms with Gasteiger partial charge in [0.15, 0.2) is 0 Å². The molecule has 1 N–H and O–H groups in total. The summed E-state index contributed by atoms with van der Waals surface area (Å²) in [4.78, 5) is 17.4. The predicted octanol–water partition coefficient (Wildman–Crippen LogP) is 4.76. The van der Waals surface area contributed by atoms with Crippen LogP contribution in [0, 0.1) is 0 Å². The van der Waals surface area contributed by atoms with Crippen LogP contribution < -0.4 is 5.32 Å². The highest BCUT2D eigenvalue weighted by atomic mass is 16.1. The normalized spacial score (nSPS) is 12.2. The van der Waals surface area contributed by atoms with Crippen LogP contribution in [0.15, 0.2) is 66.9 Å². The highest BCUT2D eigenvalue weighted by molar-refractivity contribution is 5.90. The van der Waals surface area contributed by atoms with Gasteiger partial charge in [-0.2, -0.15) is 5.10 Å². The van der Waals surface area contributed by atoms with Gasteiger partial charge in [-0.25, -0.2) is 9.67 Å². The minimum atomic E-state index is -0.0401. The van der Waals surface area contributed by atoms with Gasteiger partial charge in [-0.3, -0.25) is 9.36 Å². The largest absolute Gasteiger partial charge is 0.311 e. The molecule has 0 saturated heterocycles. The summed E-state index contributed by atoms with van der Waals surface area (Å²) < 4.78 is 3.99. The van der Waals surface area contributed by atoms with Crippen molar-refractivity contribution < 1.29 is 4.79 Å². The van der Waals surface area contributed by atoms with Crippen LogP contribution in [0.2, 0.25) is 0 Å². The van der Waals surface area contributed by atoms with Crippen molar-refractivity contribution in [2.45, 2.75) is 39.2 Å². The molecule has 4 aromatic rings. The van der Waals surface area contributed by atoms with E-state index in [9.17, 15) is 4.79 Å².